The zero-order valence-corrected chi connectivity index (χ0v) is 11.8. The number of likely N-dealkylation sites (N-methyl/N-ethyl adjacent to an activating group) is 1. The Labute approximate surface area is 110 Å². The van der Waals surface area contributed by atoms with Crippen molar-refractivity contribution in [3.8, 4) is 0 Å². The average molecular weight is 291 g/mol. The van der Waals surface area contributed by atoms with Crippen LogP contribution in [0.25, 0.3) is 0 Å². The van der Waals surface area contributed by atoms with Gasteiger partial charge in [-0.05, 0) is 25.9 Å². The highest BCUT2D eigenvalue weighted by Gasteiger charge is 2.26. The summed E-state index contributed by atoms with van der Waals surface area (Å²) in [6.45, 7) is 4.77. The van der Waals surface area contributed by atoms with E-state index < -0.39 is 10.0 Å². The molecule has 1 aliphatic rings. The molecule has 0 aliphatic carbocycles. The molecule has 1 aliphatic heterocycles. The summed E-state index contributed by atoms with van der Waals surface area (Å²) in [6, 6.07) is -0.0613. The Balaban J connectivity index is 2.04. The van der Waals surface area contributed by atoms with E-state index in [1.807, 2.05) is 0 Å². The van der Waals surface area contributed by atoms with Gasteiger partial charge in [-0.2, -0.15) is 0 Å². The number of rotatable bonds is 4. The Morgan fingerprint density at radius 2 is 2.33 bits per heavy atom. The van der Waals surface area contributed by atoms with Gasteiger partial charge in [0.25, 0.3) is 10.0 Å². The Kier molecular flexibility index (Phi) is 4.15. The summed E-state index contributed by atoms with van der Waals surface area (Å²) >= 11 is 0.881. The molecule has 2 heterocycles. The van der Waals surface area contributed by atoms with Crippen molar-refractivity contribution in [3.05, 3.63) is 0 Å². The molecular weight excluding hydrogens is 274 g/mol. The van der Waals surface area contributed by atoms with Gasteiger partial charge in [0.15, 0.2) is 0 Å². The first-order valence-corrected chi connectivity index (χ1v) is 8.15. The monoisotopic (exact) mass is 291 g/mol. The molecule has 1 atom stereocenters. The van der Waals surface area contributed by atoms with Crippen molar-refractivity contribution < 1.29 is 8.42 Å². The van der Waals surface area contributed by atoms with Crippen molar-refractivity contribution >= 4 is 26.5 Å². The number of nitrogens with two attached hydrogens (primary N) is 1. The van der Waals surface area contributed by atoms with Crippen LogP contribution in [0.5, 0.6) is 0 Å². The lowest BCUT2D eigenvalue weighted by molar-refractivity contribution is 0.211. The number of nitrogen functional groups attached to an aromatic ring is 1. The first-order chi connectivity index (χ1) is 8.51. The SMILES string of the molecule is CCN1CCCC(NS(=O)(=O)c2nnc(N)s2)C1. The van der Waals surface area contributed by atoms with Crippen LogP contribution in [-0.4, -0.2) is 49.2 Å². The summed E-state index contributed by atoms with van der Waals surface area (Å²) < 4.78 is 26.7. The number of anilines is 1. The summed E-state index contributed by atoms with van der Waals surface area (Å²) in [5, 5.41) is 7.26. The standard InChI is InChI=1S/C9H17N5O2S2/c1-2-14-5-3-4-7(6-14)13-18(15,16)9-12-11-8(10)17-9/h7,13H,2-6H2,1H3,(H2,10,11). The van der Waals surface area contributed by atoms with E-state index in [-0.39, 0.29) is 15.5 Å². The molecular formula is C9H17N5O2S2. The normalized spacial score (nSPS) is 22.2. The van der Waals surface area contributed by atoms with Gasteiger partial charge in [0.05, 0.1) is 0 Å². The number of hydrogen-bond donors (Lipinski definition) is 2. The van der Waals surface area contributed by atoms with E-state index in [1.165, 1.54) is 0 Å². The largest absolute Gasteiger partial charge is 0.374 e. The highest BCUT2D eigenvalue weighted by Crippen LogP contribution is 2.18. The lowest BCUT2D eigenvalue weighted by Crippen LogP contribution is -2.47. The van der Waals surface area contributed by atoms with Crippen LogP contribution < -0.4 is 10.5 Å². The van der Waals surface area contributed by atoms with Crippen molar-refractivity contribution in [2.45, 2.75) is 30.1 Å². The second-order valence-corrected chi connectivity index (χ2v) is 7.16. The Morgan fingerprint density at radius 3 is 2.94 bits per heavy atom. The van der Waals surface area contributed by atoms with Gasteiger partial charge in [0.1, 0.15) is 0 Å². The maximum Gasteiger partial charge on any atom is 0.270 e. The minimum absolute atomic E-state index is 0.0613. The van der Waals surface area contributed by atoms with Gasteiger partial charge in [0, 0.05) is 12.6 Å². The van der Waals surface area contributed by atoms with Crippen molar-refractivity contribution in [2.24, 2.45) is 0 Å². The van der Waals surface area contributed by atoms with E-state index in [2.05, 4.69) is 26.7 Å². The van der Waals surface area contributed by atoms with Crippen molar-refractivity contribution in [3.63, 3.8) is 0 Å². The van der Waals surface area contributed by atoms with Crippen LogP contribution in [0.2, 0.25) is 0 Å². The molecule has 3 N–H and O–H groups in total. The van der Waals surface area contributed by atoms with E-state index in [4.69, 9.17) is 5.73 Å². The zero-order valence-electron chi connectivity index (χ0n) is 10.2. The van der Waals surface area contributed by atoms with Crippen molar-refractivity contribution in [1.29, 1.82) is 0 Å². The van der Waals surface area contributed by atoms with Gasteiger partial charge >= 0.3 is 0 Å². The van der Waals surface area contributed by atoms with Crippen LogP contribution in [0.15, 0.2) is 4.34 Å². The summed E-state index contributed by atoms with van der Waals surface area (Å²) in [6.07, 6.45) is 1.85. The number of nitrogens with zero attached hydrogens (tertiary/aromatic N) is 3. The van der Waals surface area contributed by atoms with Crippen molar-refractivity contribution in [1.82, 2.24) is 19.8 Å². The fraction of sp³-hybridized carbons (Fsp3) is 0.778. The van der Waals surface area contributed by atoms with Crippen LogP contribution >= 0.6 is 11.3 Å². The molecule has 1 aromatic heterocycles. The van der Waals surface area contributed by atoms with Crippen LogP contribution in [0, 0.1) is 0 Å². The Bertz CT molecular complexity index is 501. The first-order valence-electron chi connectivity index (χ1n) is 5.85. The molecule has 0 spiro atoms. The van der Waals surface area contributed by atoms with Gasteiger partial charge < -0.3 is 10.6 Å². The zero-order chi connectivity index (χ0) is 13.2. The first kappa shape index (κ1) is 13.7. The topological polar surface area (TPSA) is 101 Å². The molecule has 2 rings (SSSR count). The van der Waals surface area contributed by atoms with Gasteiger partial charge in [-0.15, -0.1) is 10.2 Å². The fourth-order valence-corrected chi connectivity index (χ4v) is 4.10. The van der Waals surface area contributed by atoms with E-state index in [0.717, 1.165) is 43.8 Å². The third-order valence-electron chi connectivity index (χ3n) is 2.93. The number of likely N-dealkylation sites (tertiary alicyclic amines) is 1. The predicted octanol–water partition coefficient (Wildman–Crippen LogP) is -0.117. The Morgan fingerprint density at radius 1 is 1.56 bits per heavy atom. The smallest absolute Gasteiger partial charge is 0.270 e. The van der Waals surface area contributed by atoms with E-state index in [9.17, 15) is 8.42 Å². The number of sulfonamides is 1. The number of nitrogens with one attached hydrogen (secondary N) is 1. The molecule has 1 unspecified atom stereocenters. The highest BCUT2D eigenvalue weighted by atomic mass is 32.2. The van der Waals surface area contributed by atoms with Crippen LogP contribution in [0.1, 0.15) is 19.8 Å². The maximum atomic E-state index is 12.0. The molecule has 7 nitrogen and oxygen atoms in total. The number of hydrogen-bond acceptors (Lipinski definition) is 7. The summed E-state index contributed by atoms with van der Waals surface area (Å²) in [7, 11) is -3.58. The fourth-order valence-electron chi connectivity index (χ4n) is 2.04. The Hall–Kier alpha value is -0.770. The van der Waals surface area contributed by atoms with Crippen molar-refractivity contribution in [2.75, 3.05) is 25.4 Å². The molecule has 0 aromatic carbocycles. The van der Waals surface area contributed by atoms with Gasteiger partial charge in [-0.1, -0.05) is 18.3 Å². The minimum Gasteiger partial charge on any atom is -0.374 e. The molecule has 1 aromatic rings. The van der Waals surface area contributed by atoms with Gasteiger partial charge in [0.2, 0.25) is 9.47 Å². The van der Waals surface area contributed by atoms with Crippen LogP contribution in [0.3, 0.4) is 0 Å². The van der Waals surface area contributed by atoms with Crippen LogP contribution in [-0.2, 0) is 10.0 Å². The quantitative estimate of drug-likeness (QED) is 0.802. The maximum absolute atomic E-state index is 12.0. The van der Waals surface area contributed by atoms with E-state index >= 15 is 0 Å². The molecule has 0 saturated carbocycles. The molecule has 18 heavy (non-hydrogen) atoms. The lowest BCUT2D eigenvalue weighted by Gasteiger charge is -2.31. The second-order valence-electron chi connectivity index (χ2n) is 4.26. The molecule has 0 amide bonds. The molecule has 0 radical (unpaired) electrons. The van der Waals surface area contributed by atoms with Crippen LogP contribution in [0.4, 0.5) is 5.13 Å². The lowest BCUT2D eigenvalue weighted by atomic mass is 10.1. The summed E-state index contributed by atoms with van der Waals surface area (Å²) in [4.78, 5) is 2.23. The summed E-state index contributed by atoms with van der Waals surface area (Å²) in [5.41, 5.74) is 5.40. The minimum atomic E-state index is -3.58. The van der Waals surface area contributed by atoms with E-state index in [0.29, 0.717) is 0 Å². The van der Waals surface area contributed by atoms with E-state index in [1.54, 1.807) is 0 Å². The number of aromatic nitrogens is 2. The predicted molar refractivity (Wildman–Crippen MR) is 69.8 cm³/mol. The highest BCUT2D eigenvalue weighted by molar-refractivity contribution is 7.91. The average Bonchev–Trinajstić information content (AvgIpc) is 2.76. The third-order valence-corrected chi connectivity index (χ3v) is 5.57. The molecule has 102 valence electrons. The molecule has 0 bridgehead atoms. The van der Waals surface area contributed by atoms with Gasteiger partial charge in [-0.3, -0.25) is 0 Å². The third kappa shape index (κ3) is 3.16. The summed E-state index contributed by atoms with van der Waals surface area (Å²) in [5.74, 6) is 0. The molecule has 1 saturated heterocycles. The van der Waals surface area contributed by atoms with Gasteiger partial charge in [-0.25, -0.2) is 13.1 Å². The molecule has 1 fully saturated rings. The number of piperidine rings is 1. The molecule has 9 heteroatoms. The second kappa shape index (κ2) is 5.47.